The summed E-state index contributed by atoms with van der Waals surface area (Å²) in [6, 6.07) is 13.2. The van der Waals surface area contributed by atoms with Gasteiger partial charge >= 0.3 is 5.97 Å². The molecule has 3 rings (SSSR count). The molecule has 0 radical (unpaired) electrons. The molecule has 0 spiro atoms. The Morgan fingerprint density at radius 3 is 2.52 bits per heavy atom. The van der Waals surface area contributed by atoms with Crippen LogP contribution in [0, 0.1) is 0 Å². The number of carboxylic acid groups (broad SMARTS) is 1. The van der Waals surface area contributed by atoms with E-state index in [1.54, 1.807) is 0 Å². The fourth-order valence-electron chi connectivity index (χ4n) is 2.97. The zero-order valence-electron chi connectivity index (χ0n) is 15.0. The molecule has 1 heterocycles. The van der Waals surface area contributed by atoms with Crippen molar-refractivity contribution in [3.8, 4) is 0 Å². The van der Waals surface area contributed by atoms with Gasteiger partial charge in [-0.1, -0.05) is 49.7 Å². The molecule has 7 nitrogen and oxygen atoms in total. The molecule has 3 N–H and O–H groups in total. The Balaban J connectivity index is 1.57. The van der Waals surface area contributed by atoms with Crippen molar-refractivity contribution in [3.63, 3.8) is 0 Å². The van der Waals surface area contributed by atoms with E-state index < -0.39 is 30.1 Å². The van der Waals surface area contributed by atoms with Crippen LogP contribution in [0.15, 0.2) is 42.5 Å². The van der Waals surface area contributed by atoms with Gasteiger partial charge in [-0.2, -0.15) is 0 Å². The van der Waals surface area contributed by atoms with Gasteiger partial charge in [0.1, 0.15) is 6.04 Å². The van der Waals surface area contributed by atoms with E-state index >= 15 is 0 Å². The highest BCUT2D eigenvalue weighted by Crippen LogP contribution is 2.22. The Morgan fingerprint density at radius 1 is 1.11 bits per heavy atom. The molecule has 1 saturated heterocycles. The van der Waals surface area contributed by atoms with E-state index in [2.05, 4.69) is 10.6 Å². The predicted octanol–water partition coefficient (Wildman–Crippen LogP) is 1.59. The molecule has 1 aliphatic heterocycles. The monoisotopic (exact) mass is 370 g/mol. The molecule has 27 heavy (non-hydrogen) atoms. The molecule has 7 heteroatoms. The van der Waals surface area contributed by atoms with E-state index in [1.807, 2.05) is 49.4 Å². The van der Waals surface area contributed by atoms with Crippen LogP contribution < -0.4 is 10.6 Å². The minimum absolute atomic E-state index is 0.300. The van der Waals surface area contributed by atoms with Crippen LogP contribution in [-0.4, -0.2) is 41.1 Å². The number of nitrogens with one attached hydrogen (secondary N) is 2. The number of amides is 2. The standard InChI is InChI=1S/C20H22N2O5/c1-2-5-15(22-19(24)16-17(27-16)20(25)26)18(23)21-11-12-8-9-13-6-3-4-7-14(13)10-12/h3-4,6-10,15-17H,2,5,11H2,1H3,(H,21,23)(H,22,24)(H,25,26)/t15-,16?,17-/m0/s1. The summed E-state index contributed by atoms with van der Waals surface area (Å²) in [5, 5.41) is 16.5. The SMILES string of the molecule is CCC[C@H](NC(=O)C1O[C@@H]1C(=O)O)C(=O)NCc1ccc2ccccc2c1. The quantitative estimate of drug-likeness (QED) is 0.612. The largest absolute Gasteiger partial charge is 0.479 e. The topological polar surface area (TPSA) is 108 Å². The highest BCUT2D eigenvalue weighted by molar-refractivity contribution is 5.95. The fourth-order valence-corrected chi connectivity index (χ4v) is 2.97. The van der Waals surface area contributed by atoms with Gasteiger partial charge < -0.3 is 20.5 Å². The third-order valence-corrected chi connectivity index (χ3v) is 4.48. The predicted molar refractivity (Wildman–Crippen MR) is 98.9 cm³/mol. The number of hydrogen-bond acceptors (Lipinski definition) is 4. The van der Waals surface area contributed by atoms with Crippen LogP contribution >= 0.6 is 0 Å². The number of hydrogen-bond donors (Lipinski definition) is 3. The number of rotatable bonds is 8. The van der Waals surface area contributed by atoms with Gasteiger partial charge in [0.15, 0.2) is 12.2 Å². The summed E-state index contributed by atoms with van der Waals surface area (Å²) < 4.78 is 4.83. The molecule has 142 valence electrons. The zero-order valence-corrected chi connectivity index (χ0v) is 15.0. The summed E-state index contributed by atoms with van der Waals surface area (Å²) in [5.74, 6) is -2.05. The van der Waals surface area contributed by atoms with E-state index in [4.69, 9.17) is 9.84 Å². The van der Waals surface area contributed by atoms with Gasteiger partial charge in [-0.25, -0.2) is 4.79 Å². The lowest BCUT2D eigenvalue weighted by molar-refractivity contribution is -0.138. The Morgan fingerprint density at radius 2 is 1.85 bits per heavy atom. The van der Waals surface area contributed by atoms with Crippen molar-refractivity contribution in [2.75, 3.05) is 0 Å². The Hall–Kier alpha value is -2.93. The summed E-state index contributed by atoms with van der Waals surface area (Å²) in [4.78, 5) is 35.3. The van der Waals surface area contributed by atoms with Crippen LogP contribution in [0.5, 0.6) is 0 Å². The molecule has 0 bridgehead atoms. The van der Waals surface area contributed by atoms with Gasteiger partial charge in [-0.05, 0) is 28.8 Å². The highest BCUT2D eigenvalue weighted by atomic mass is 16.6. The summed E-state index contributed by atoms with van der Waals surface area (Å²) in [5.41, 5.74) is 0.958. The third kappa shape index (κ3) is 4.62. The van der Waals surface area contributed by atoms with Crippen molar-refractivity contribution in [2.24, 2.45) is 0 Å². The van der Waals surface area contributed by atoms with Crippen molar-refractivity contribution in [2.45, 2.75) is 44.6 Å². The molecular weight excluding hydrogens is 348 g/mol. The van der Waals surface area contributed by atoms with Gasteiger partial charge in [-0.3, -0.25) is 9.59 Å². The van der Waals surface area contributed by atoms with Gasteiger partial charge in [0, 0.05) is 6.54 Å². The van der Waals surface area contributed by atoms with E-state index in [1.165, 1.54) is 0 Å². The van der Waals surface area contributed by atoms with Crippen LogP contribution in [0.3, 0.4) is 0 Å². The summed E-state index contributed by atoms with van der Waals surface area (Å²) in [6.45, 7) is 2.25. The molecular formula is C20H22N2O5. The summed E-state index contributed by atoms with van der Waals surface area (Å²) in [7, 11) is 0. The summed E-state index contributed by atoms with van der Waals surface area (Å²) >= 11 is 0. The first-order valence-electron chi connectivity index (χ1n) is 8.93. The van der Waals surface area contributed by atoms with Crippen molar-refractivity contribution < 1.29 is 24.2 Å². The highest BCUT2D eigenvalue weighted by Gasteiger charge is 2.51. The van der Waals surface area contributed by atoms with Gasteiger partial charge in [0.05, 0.1) is 0 Å². The maximum atomic E-state index is 12.5. The number of benzene rings is 2. The minimum Gasteiger partial charge on any atom is -0.479 e. The summed E-state index contributed by atoms with van der Waals surface area (Å²) in [6.07, 6.45) is -0.981. The molecule has 1 fully saturated rings. The lowest BCUT2D eigenvalue weighted by Gasteiger charge is -2.17. The third-order valence-electron chi connectivity index (χ3n) is 4.48. The molecule has 3 atom stereocenters. The molecule has 1 unspecified atom stereocenters. The Labute approximate surface area is 156 Å². The van der Waals surface area contributed by atoms with Crippen LogP contribution in [0.25, 0.3) is 10.8 Å². The average Bonchev–Trinajstić information content (AvgIpc) is 3.47. The molecule has 2 amide bonds. The number of epoxide rings is 1. The number of carbonyl (C=O) groups excluding carboxylic acids is 2. The number of carboxylic acids is 1. The number of carbonyl (C=O) groups is 3. The van der Waals surface area contributed by atoms with Crippen molar-refractivity contribution >= 4 is 28.6 Å². The number of ether oxygens (including phenoxy) is 1. The average molecular weight is 370 g/mol. The van der Waals surface area contributed by atoms with Crippen LogP contribution in [0.1, 0.15) is 25.3 Å². The van der Waals surface area contributed by atoms with Gasteiger partial charge in [-0.15, -0.1) is 0 Å². The van der Waals surface area contributed by atoms with Crippen LogP contribution in [0.2, 0.25) is 0 Å². The molecule has 0 aliphatic carbocycles. The van der Waals surface area contributed by atoms with Crippen LogP contribution in [0.4, 0.5) is 0 Å². The van der Waals surface area contributed by atoms with Crippen molar-refractivity contribution in [1.29, 1.82) is 0 Å². The first-order chi connectivity index (χ1) is 13.0. The Bertz CT molecular complexity index is 866. The van der Waals surface area contributed by atoms with Crippen molar-refractivity contribution in [3.05, 3.63) is 48.0 Å². The van der Waals surface area contributed by atoms with E-state index in [0.29, 0.717) is 19.4 Å². The van der Waals surface area contributed by atoms with Gasteiger partial charge in [0.25, 0.3) is 5.91 Å². The Kier molecular flexibility index (Phi) is 5.71. The molecule has 0 saturated carbocycles. The van der Waals surface area contributed by atoms with Crippen molar-refractivity contribution in [1.82, 2.24) is 10.6 Å². The smallest absolute Gasteiger partial charge is 0.336 e. The normalized spacial score (nSPS) is 19.3. The maximum absolute atomic E-state index is 12.5. The second-order valence-corrected chi connectivity index (χ2v) is 6.56. The fraction of sp³-hybridized carbons (Fsp3) is 0.350. The van der Waals surface area contributed by atoms with E-state index in [0.717, 1.165) is 16.3 Å². The van der Waals surface area contributed by atoms with Gasteiger partial charge in [0.2, 0.25) is 5.91 Å². The second kappa shape index (κ2) is 8.18. The molecule has 1 aliphatic rings. The lowest BCUT2D eigenvalue weighted by Crippen LogP contribution is -2.48. The lowest BCUT2D eigenvalue weighted by atomic mass is 10.1. The molecule has 2 aromatic carbocycles. The number of fused-ring (bicyclic) bond motifs is 1. The molecule has 0 aromatic heterocycles. The zero-order chi connectivity index (χ0) is 19.4. The second-order valence-electron chi connectivity index (χ2n) is 6.56. The van der Waals surface area contributed by atoms with Crippen LogP contribution in [-0.2, 0) is 25.7 Å². The first kappa shape index (κ1) is 18.8. The van der Waals surface area contributed by atoms with E-state index in [9.17, 15) is 14.4 Å². The minimum atomic E-state index is -1.18. The maximum Gasteiger partial charge on any atom is 0.336 e. The number of aliphatic carboxylic acids is 1. The molecule has 2 aromatic rings. The van der Waals surface area contributed by atoms with E-state index in [-0.39, 0.29) is 5.91 Å². The first-order valence-corrected chi connectivity index (χ1v) is 8.93.